The molecule has 162 valence electrons. The van der Waals surface area contributed by atoms with Crippen LogP contribution >= 0.6 is 0 Å². The van der Waals surface area contributed by atoms with Crippen LogP contribution in [0.15, 0.2) is 36.4 Å². The van der Waals surface area contributed by atoms with E-state index in [1.807, 2.05) is 0 Å². The van der Waals surface area contributed by atoms with Gasteiger partial charge in [-0.1, -0.05) is 25.8 Å². The van der Waals surface area contributed by atoms with E-state index in [0.717, 1.165) is 62.8 Å². The molecule has 0 spiro atoms. The summed E-state index contributed by atoms with van der Waals surface area (Å²) in [5.41, 5.74) is -1.23. The average Bonchev–Trinajstić information content (AvgIpc) is 2.70. The number of hydrogen-bond donors (Lipinski definition) is 0. The smallest absolute Gasteiger partial charge is 0.416 e. The number of hydrogen-bond acceptors (Lipinski definition) is 2. The van der Waals surface area contributed by atoms with Crippen molar-refractivity contribution in [3.05, 3.63) is 64.7 Å². The third-order valence-corrected chi connectivity index (χ3v) is 5.71. The topological polar surface area (TPSA) is 26.3 Å². The van der Waals surface area contributed by atoms with E-state index in [1.54, 1.807) is 0 Å². The molecule has 0 aliphatic heterocycles. The Balaban J connectivity index is 1.71. The van der Waals surface area contributed by atoms with Crippen LogP contribution in [0.1, 0.15) is 72.9 Å². The van der Waals surface area contributed by atoms with Gasteiger partial charge in [-0.2, -0.15) is 13.2 Å². The van der Waals surface area contributed by atoms with Crippen LogP contribution in [0.3, 0.4) is 0 Å². The molecule has 2 aromatic rings. The van der Waals surface area contributed by atoms with E-state index >= 15 is 0 Å². The van der Waals surface area contributed by atoms with Crippen LogP contribution in [-0.4, -0.2) is 5.97 Å². The predicted molar refractivity (Wildman–Crippen MR) is 102 cm³/mol. The second-order valence-electron chi connectivity index (χ2n) is 7.75. The van der Waals surface area contributed by atoms with E-state index in [1.165, 1.54) is 12.1 Å². The van der Waals surface area contributed by atoms with Gasteiger partial charge in [-0.05, 0) is 73.4 Å². The highest BCUT2D eigenvalue weighted by molar-refractivity contribution is 5.91. The normalized spacial score (nSPS) is 19.5. The molecule has 1 aliphatic carbocycles. The number of halogens is 5. The molecular formula is C23H23F5O2. The van der Waals surface area contributed by atoms with Gasteiger partial charge in [-0.25, -0.2) is 13.6 Å². The first-order valence-electron chi connectivity index (χ1n) is 10.1. The Hall–Kier alpha value is -2.44. The molecule has 1 fully saturated rings. The van der Waals surface area contributed by atoms with Gasteiger partial charge in [0.1, 0.15) is 5.75 Å². The summed E-state index contributed by atoms with van der Waals surface area (Å²) >= 11 is 0. The van der Waals surface area contributed by atoms with Crippen molar-refractivity contribution in [2.75, 3.05) is 0 Å². The van der Waals surface area contributed by atoms with Crippen molar-refractivity contribution in [1.29, 1.82) is 0 Å². The van der Waals surface area contributed by atoms with Gasteiger partial charge in [0.2, 0.25) is 0 Å². The molecule has 0 bridgehead atoms. The van der Waals surface area contributed by atoms with Gasteiger partial charge in [0.05, 0.1) is 11.1 Å². The zero-order valence-corrected chi connectivity index (χ0v) is 16.6. The van der Waals surface area contributed by atoms with E-state index < -0.39 is 34.9 Å². The highest BCUT2D eigenvalue weighted by Gasteiger charge is 2.31. The average molecular weight is 426 g/mol. The molecule has 30 heavy (non-hydrogen) atoms. The number of carbonyl (C=O) groups is 1. The third kappa shape index (κ3) is 4.99. The number of ether oxygens (including phenoxy) is 1. The van der Waals surface area contributed by atoms with Gasteiger partial charge < -0.3 is 4.74 Å². The molecule has 1 saturated carbocycles. The molecule has 0 aromatic heterocycles. The lowest BCUT2D eigenvalue weighted by atomic mass is 9.77. The Morgan fingerprint density at radius 3 is 2.17 bits per heavy atom. The second kappa shape index (κ2) is 9.14. The van der Waals surface area contributed by atoms with E-state index in [2.05, 4.69) is 6.92 Å². The van der Waals surface area contributed by atoms with Gasteiger partial charge in [0, 0.05) is 0 Å². The fourth-order valence-corrected chi connectivity index (χ4v) is 4.08. The largest absolute Gasteiger partial charge is 0.423 e. The zero-order chi connectivity index (χ0) is 21.9. The van der Waals surface area contributed by atoms with Crippen LogP contribution in [-0.2, 0) is 6.18 Å². The van der Waals surface area contributed by atoms with Crippen LogP contribution in [0.25, 0.3) is 0 Å². The Bertz CT molecular complexity index is 882. The lowest BCUT2D eigenvalue weighted by molar-refractivity contribution is -0.137. The van der Waals surface area contributed by atoms with Crippen molar-refractivity contribution in [3.8, 4) is 5.75 Å². The molecule has 0 atom stereocenters. The van der Waals surface area contributed by atoms with Crippen LogP contribution < -0.4 is 4.74 Å². The van der Waals surface area contributed by atoms with Gasteiger partial charge in [-0.15, -0.1) is 0 Å². The second-order valence-corrected chi connectivity index (χ2v) is 7.75. The number of benzene rings is 2. The molecular weight excluding hydrogens is 403 g/mol. The zero-order valence-electron chi connectivity index (χ0n) is 16.6. The Morgan fingerprint density at radius 2 is 1.60 bits per heavy atom. The third-order valence-electron chi connectivity index (χ3n) is 5.71. The fraction of sp³-hybridized carbons (Fsp3) is 0.435. The highest BCUT2D eigenvalue weighted by atomic mass is 19.4. The molecule has 1 aliphatic rings. The van der Waals surface area contributed by atoms with E-state index in [4.69, 9.17) is 4.74 Å². The van der Waals surface area contributed by atoms with Gasteiger partial charge in [0.15, 0.2) is 11.6 Å². The number of rotatable bonds is 5. The maximum absolute atomic E-state index is 14.7. The number of alkyl halides is 3. The Kier molecular flexibility index (Phi) is 6.78. The summed E-state index contributed by atoms with van der Waals surface area (Å²) in [6.45, 7) is 2.13. The van der Waals surface area contributed by atoms with Crippen LogP contribution in [0.4, 0.5) is 22.0 Å². The highest BCUT2D eigenvalue weighted by Crippen LogP contribution is 2.39. The minimum Gasteiger partial charge on any atom is -0.423 e. The first kappa shape index (κ1) is 22.2. The van der Waals surface area contributed by atoms with Crippen molar-refractivity contribution < 1.29 is 31.5 Å². The molecule has 0 heterocycles. The van der Waals surface area contributed by atoms with E-state index in [0.29, 0.717) is 5.92 Å². The molecule has 7 heteroatoms. The standard InChI is InChI=1S/C23H23F5O2/c1-2-3-14-4-6-15(7-5-14)18-12-13-19(21(25)20(18)24)22(29)30-17-10-8-16(9-11-17)23(26,27)28/h8-15H,2-7H2,1H3. The summed E-state index contributed by atoms with van der Waals surface area (Å²) in [7, 11) is 0. The van der Waals surface area contributed by atoms with Crippen molar-refractivity contribution in [1.82, 2.24) is 0 Å². The molecule has 2 nitrogen and oxygen atoms in total. The van der Waals surface area contributed by atoms with Crippen LogP contribution in [0.5, 0.6) is 5.75 Å². The first-order chi connectivity index (χ1) is 14.2. The molecule has 2 aromatic carbocycles. The van der Waals surface area contributed by atoms with Crippen LogP contribution in [0, 0.1) is 17.6 Å². The van der Waals surface area contributed by atoms with Gasteiger partial charge in [0.25, 0.3) is 0 Å². The van der Waals surface area contributed by atoms with Crippen molar-refractivity contribution in [3.63, 3.8) is 0 Å². The molecule has 0 saturated heterocycles. The molecule has 3 rings (SSSR count). The maximum Gasteiger partial charge on any atom is 0.416 e. The molecule has 0 amide bonds. The maximum atomic E-state index is 14.7. The Morgan fingerprint density at radius 1 is 0.967 bits per heavy atom. The van der Waals surface area contributed by atoms with Crippen molar-refractivity contribution in [2.45, 2.75) is 57.5 Å². The summed E-state index contributed by atoms with van der Waals surface area (Å²) in [6.07, 6.45) is 1.21. The van der Waals surface area contributed by atoms with E-state index in [9.17, 15) is 26.7 Å². The minimum absolute atomic E-state index is 0.0902. The summed E-state index contributed by atoms with van der Waals surface area (Å²) in [5.74, 6) is -3.17. The van der Waals surface area contributed by atoms with Crippen molar-refractivity contribution >= 4 is 5.97 Å². The SMILES string of the molecule is CCCC1CCC(c2ccc(C(=O)Oc3ccc(C(F)(F)F)cc3)c(F)c2F)CC1. The monoisotopic (exact) mass is 426 g/mol. The number of carbonyl (C=O) groups excluding carboxylic acids is 1. The molecule has 0 unspecified atom stereocenters. The predicted octanol–water partition coefficient (Wildman–Crippen LogP) is 7.28. The summed E-state index contributed by atoms with van der Waals surface area (Å²) in [6, 6.07) is 6.00. The van der Waals surface area contributed by atoms with Crippen molar-refractivity contribution in [2.24, 2.45) is 5.92 Å². The van der Waals surface area contributed by atoms with Gasteiger partial charge >= 0.3 is 12.1 Å². The summed E-state index contributed by atoms with van der Waals surface area (Å²) < 4.78 is 71.9. The Labute approximate surface area is 172 Å². The fourth-order valence-electron chi connectivity index (χ4n) is 4.08. The minimum atomic E-state index is -4.52. The number of esters is 1. The summed E-state index contributed by atoms with van der Waals surface area (Å²) in [5, 5.41) is 0. The first-order valence-corrected chi connectivity index (χ1v) is 10.1. The lowest BCUT2D eigenvalue weighted by Gasteiger charge is -2.29. The molecule has 0 N–H and O–H groups in total. The summed E-state index contributed by atoms with van der Waals surface area (Å²) in [4.78, 5) is 12.2. The van der Waals surface area contributed by atoms with Crippen LogP contribution in [0.2, 0.25) is 0 Å². The quantitative estimate of drug-likeness (QED) is 0.285. The van der Waals surface area contributed by atoms with E-state index in [-0.39, 0.29) is 17.2 Å². The molecule has 0 radical (unpaired) electrons. The lowest BCUT2D eigenvalue weighted by Crippen LogP contribution is -2.17. The van der Waals surface area contributed by atoms with Gasteiger partial charge in [-0.3, -0.25) is 0 Å².